The lowest BCUT2D eigenvalue weighted by Gasteiger charge is -2.21. The standard InChI is InChI=1S/C25H26N6O5/c1-34-19-7-4-16-10-20(19)35-14-23(32)28-11-15-2-5-17(6-3-15)36-21-13-31(12-18(21)29-24(16)33)22-8-9-27-25(26)30-22/h2-10,18,21H,11-14H2,1H3,(H,28,32)(H,29,33)(H2,26,27,30)/t18-,21-/m0/s1. The van der Waals surface area contributed by atoms with Gasteiger partial charge in [0.1, 0.15) is 17.7 Å². The Labute approximate surface area is 207 Å². The summed E-state index contributed by atoms with van der Waals surface area (Å²) < 4.78 is 17.3. The van der Waals surface area contributed by atoms with Gasteiger partial charge in [-0.15, -0.1) is 0 Å². The van der Waals surface area contributed by atoms with Gasteiger partial charge in [-0.3, -0.25) is 9.59 Å². The molecule has 0 aliphatic carbocycles. The molecule has 11 heteroatoms. The molecule has 4 bridgehead atoms. The molecule has 186 valence electrons. The number of nitrogens with one attached hydrogen (secondary N) is 2. The molecule has 0 saturated carbocycles. The predicted octanol–water partition coefficient (Wildman–Crippen LogP) is 1.14. The maximum Gasteiger partial charge on any atom is 0.258 e. The smallest absolute Gasteiger partial charge is 0.258 e. The Balaban J connectivity index is 1.46. The number of carbonyl (C=O) groups excluding carboxylic acids is 2. The zero-order valence-electron chi connectivity index (χ0n) is 19.6. The quantitative estimate of drug-likeness (QED) is 0.482. The average Bonchev–Trinajstić information content (AvgIpc) is 3.28. The van der Waals surface area contributed by atoms with Crippen LogP contribution in [0.2, 0.25) is 0 Å². The number of nitrogens with zero attached hydrogens (tertiary/aromatic N) is 3. The molecule has 0 spiro atoms. The molecular formula is C25H26N6O5. The summed E-state index contributed by atoms with van der Waals surface area (Å²) in [6, 6.07) is 13.7. The number of hydrogen-bond acceptors (Lipinski definition) is 9. The van der Waals surface area contributed by atoms with Crippen LogP contribution >= 0.6 is 0 Å². The molecule has 1 aromatic heterocycles. The molecule has 2 aromatic carbocycles. The van der Waals surface area contributed by atoms with Gasteiger partial charge in [0.25, 0.3) is 11.8 Å². The molecule has 2 atom stereocenters. The summed E-state index contributed by atoms with van der Waals surface area (Å²) >= 11 is 0. The minimum absolute atomic E-state index is 0.173. The lowest BCUT2D eigenvalue weighted by Crippen LogP contribution is -2.45. The molecule has 11 nitrogen and oxygen atoms in total. The molecule has 3 aromatic rings. The number of aromatic nitrogens is 2. The highest BCUT2D eigenvalue weighted by Gasteiger charge is 2.36. The number of nitrogen functional groups attached to an aromatic ring is 1. The lowest BCUT2D eigenvalue weighted by atomic mass is 10.1. The Hall–Kier alpha value is -4.54. The number of nitrogens with two attached hydrogens (primary N) is 1. The van der Waals surface area contributed by atoms with Crippen molar-refractivity contribution in [1.29, 1.82) is 0 Å². The number of methoxy groups -OCH3 is 1. The second-order valence-corrected chi connectivity index (χ2v) is 8.49. The Morgan fingerprint density at radius 1 is 1.11 bits per heavy atom. The van der Waals surface area contributed by atoms with Gasteiger partial charge < -0.3 is 35.5 Å². The van der Waals surface area contributed by atoms with Crippen LogP contribution in [0.15, 0.2) is 54.7 Å². The second-order valence-electron chi connectivity index (χ2n) is 8.49. The number of anilines is 2. The first kappa shape index (κ1) is 23.2. The number of rotatable bonds is 2. The third-order valence-electron chi connectivity index (χ3n) is 6.05. The molecule has 3 aliphatic rings. The highest BCUT2D eigenvalue weighted by Crippen LogP contribution is 2.29. The van der Waals surface area contributed by atoms with Gasteiger partial charge in [0.05, 0.1) is 19.7 Å². The molecule has 2 amide bonds. The van der Waals surface area contributed by atoms with Crippen molar-refractivity contribution in [2.45, 2.75) is 18.7 Å². The topological polar surface area (TPSA) is 141 Å². The van der Waals surface area contributed by atoms with Gasteiger partial charge >= 0.3 is 0 Å². The van der Waals surface area contributed by atoms with Crippen molar-refractivity contribution in [2.24, 2.45) is 0 Å². The van der Waals surface area contributed by atoms with E-state index in [2.05, 4.69) is 20.6 Å². The van der Waals surface area contributed by atoms with Crippen LogP contribution in [0.5, 0.6) is 17.2 Å². The third kappa shape index (κ3) is 5.09. The normalized spacial score (nSPS) is 19.9. The van der Waals surface area contributed by atoms with Crippen molar-refractivity contribution in [3.8, 4) is 17.2 Å². The van der Waals surface area contributed by atoms with E-state index in [1.54, 1.807) is 30.5 Å². The van der Waals surface area contributed by atoms with Crippen molar-refractivity contribution >= 4 is 23.6 Å². The fourth-order valence-corrected chi connectivity index (χ4v) is 4.20. The SMILES string of the molecule is COc1ccc2cc1OCC(=O)NCc1ccc(cc1)O[C@H]1CN(c3ccnc(N)n3)C[C@@H]1NC2=O. The van der Waals surface area contributed by atoms with Crippen LogP contribution in [0, 0.1) is 0 Å². The third-order valence-corrected chi connectivity index (χ3v) is 6.05. The number of fused-ring (bicyclic) bond motifs is 7. The van der Waals surface area contributed by atoms with Crippen LogP contribution in [-0.4, -0.2) is 60.7 Å². The number of ether oxygens (including phenoxy) is 3. The van der Waals surface area contributed by atoms with Crippen LogP contribution < -0.4 is 35.5 Å². The van der Waals surface area contributed by atoms with Crippen LogP contribution in [0.1, 0.15) is 15.9 Å². The summed E-state index contributed by atoms with van der Waals surface area (Å²) in [6.07, 6.45) is 1.24. The molecule has 6 rings (SSSR count). The van der Waals surface area contributed by atoms with Crippen LogP contribution in [0.25, 0.3) is 0 Å². The largest absolute Gasteiger partial charge is 0.493 e. The summed E-state index contributed by atoms with van der Waals surface area (Å²) in [7, 11) is 1.50. The molecule has 0 unspecified atom stereocenters. The zero-order valence-corrected chi connectivity index (χ0v) is 19.6. The first-order valence-corrected chi connectivity index (χ1v) is 11.5. The number of hydrogen-bond donors (Lipinski definition) is 3. The van der Waals surface area contributed by atoms with E-state index in [4.69, 9.17) is 19.9 Å². The molecule has 36 heavy (non-hydrogen) atoms. The average molecular weight is 491 g/mol. The number of amides is 2. The van der Waals surface area contributed by atoms with Crippen LogP contribution in [-0.2, 0) is 11.3 Å². The van der Waals surface area contributed by atoms with Gasteiger partial charge in [-0.1, -0.05) is 12.1 Å². The zero-order chi connectivity index (χ0) is 25.1. The van der Waals surface area contributed by atoms with E-state index in [0.717, 1.165) is 5.56 Å². The van der Waals surface area contributed by atoms with Crippen LogP contribution in [0.4, 0.5) is 11.8 Å². The summed E-state index contributed by atoms with van der Waals surface area (Å²) in [4.78, 5) is 35.8. The van der Waals surface area contributed by atoms with Gasteiger partial charge in [0.15, 0.2) is 18.1 Å². The maximum atomic E-state index is 13.2. The Morgan fingerprint density at radius 2 is 1.94 bits per heavy atom. The maximum absolute atomic E-state index is 13.2. The molecule has 4 heterocycles. The molecule has 1 fully saturated rings. The summed E-state index contributed by atoms with van der Waals surface area (Å²) in [6.45, 7) is 1.07. The first-order valence-electron chi connectivity index (χ1n) is 11.5. The second kappa shape index (κ2) is 9.98. The van der Waals surface area contributed by atoms with Crippen molar-refractivity contribution in [3.05, 3.63) is 65.9 Å². The van der Waals surface area contributed by atoms with Gasteiger partial charge in [-0.2, -0.15) is 4.98 Å². The lowest BCUT2D eigenvalue weighted by molar-refractivity contribution is -0.123. The fourth-order valence-electron chi connectivity index (χ4n) is 4.20. The molecule has 0 radical (unpaired) electrons. The van der Waals surface area contributed by atoms with E-state index in [1.165, 1.54) is 7.11 Å². The van der Waals surface area contributed by atoms with Gasteiger partial charge in [0, 0.05) is 24.8 Å². The molecule has 1 saturated heterocycles. The van der Waals surface area contributed by atoms with E-state index in [0.29, 0.717) is 48.3 Å². The van der Waals surface area contributed by atoms with E-state index in [9.17, 15) is 9.59 Å². The highest BCUT2D eigenvalue weighted by atomic mass is 16.5. The van der Waals surface area contributed by atoms with Gasteiger partial charge in [0.2, 0.25) is 5.95 Å². The monoisotopic (exact) mass is 490 g/mol. The van der Waals surface area contributed by atoms with Gasteiger partial charge in [-0.05, 0) is 42.0 Å². The Bertz CT molecular complexity index is 1270. The fraction of sp³-hybridized carbons (Fsp3) is 0.280. The van der Waals surface area contributed by atoms with E-state index in [-0.39, 0.29) is 36.5 Å². The van der Waals surface area contributed by atoms with Crippen molar-refractivity contribution in [3.63, 3.8) is 0 Å². The Kier molecular flexibility index (Phi) is 6.44. The summed E-state index contributed by atoms with van der Waals surface area (Å²) in [5.74, 6) is 1.59. The van der Waals surface area contributed by atoms with Crippen molar-refractivity contribution in [1.82, 2.24) is 20.6 Å². The summed E-state index contributed by atoms with van der Waals surface area (Å²) in [5.41, 5.74) is 7.06. The van der Waals surface area contributed by atoms with Crippen molar-refractivity contribution < 1.29 is 23.8 Å². The highest BCUT2D eigenvalue weighted by molar-refractivity contribution is 5.95. The van der Waals surface area contributed by atoms with Gasteiger partial charge in [-0.25, -0.2) is 4.98 Å². The van der Waals surface area contributed by atoms with Crippen LogP contribution in [0.3, 0.4) is 0 Å². The molecule has 4 N–H and O–H groups in total. The van der Waals surface area contributed by atoms with Crippen molar-refractivity contribution in [2.75, 3.05) is 37.4 Å². The molecule has 3 aliphatic heterocycles. The number of benzene rings is 2. The van der Waals surface area contributed by atoms with E-state index >= 15 is 0 Å². The van der Waals surface area contributed by atoms with E-state index < -0.39 is 0 Å². The Morgan fingerprint density at radius 3 is 2.72 bits per heavy atom. The minimum Gasteiger partial charge on any atom is -0.493 e. The molecular weight excluding hydrogens is 464 g/mol. The number of carbonyl (C=O) groups is 2. The van der Waals surface area contributed by atoms with E-state index in [1.807, 2.05) is 29.2 Å². The predicted molar refractivity (Wildman–Crippen MR) is 131 cm³/mol. The summed E-state index contributed by atoms with van der Waals surface area (Å²) in [5, 5.41) is 5.90. The first-order chi connectivity index (χ1) is 17.5. The minimum atomic E-state index is -0.361.